The van der Waals surface area contributed by atoms with E-state index in [1.807, 2.05) is 18.2 Å². The van der Waals surface area contributed by atoms with E-state index in [-0.39, 0.29) is 28.5 Å². The van der Waals surface area contributed by atoms with E-state index in [2.05, 4.69) is 19.5 Å². The summed E-state index contributed by atoms with van der Waals surface area (Å²) in [5.41, 5.74) is 1.29. The van der Waals surface area contributed by atoms with Crippen LogP contribution in [0.5, 0.6) is 17.2 Å². The Morgan fingerprint density at radius 1 is 0.925 bits per heavy atom. The summed E-state index contributed by atoms with van der Waals surface area (Å²) >= 11 is 0.678. The number of thiazole rings is 1. The average molecular weight is 615 g/mol. The second-order valence-corrected chi connectivity index (χ2v) is 9.51. The molecule has 0 N–H and O–H groups in total. The number of piperazine rings is 1. The summed E-state index contributed by atoms with van der Waals surface area (Å²) in [6.07, 6.45) is -10.1. The van der Waals surface area contributed by atoms with Crippen molar-refractivity contribution in [1.82, 2.24) is 9.47 Å². The molecule has 2 aromatic carbocycles. The van der Waals surface area contributed by atoms with Gasteiger partial charge in [-0.3, -0.25) is 9.69 Å². The number of hydrogen-bond acceptors (Lipinski definition) is 7. The first-order chi connectivity index (χ1) is 18.4. The molecular weight excluding hydrogens is 590 g/mol. The summed E-state index contributed by atoms with van der Waals surface area (Å²) in [4.78, 5) is 18.8. The lowest BCUT2D eigenvalue weighted by molar-refractivity contribution is -0.274. The summed E-state index contributed by atoms with van der Waals surface area (Å²) < 4.78 is 92.7. The lowest BCUT2D eigenvalue weighted by Gasteiger charge is -2.36. The Morgan fingerprint density at radius 2 is 1.60 bits per heavy atom. The van der Waals surface area contributed by atoms with Crippen molar-refractivity contribution in [2.45, 2.75) is 19.1 Å². The van der Waals surface area contributed by atoms with Crippen LogP contribution in [0.2, 0.25) is 0 Å². The Bertz CT molecular complexity index is 1400. The molecule has 2 heterocycles. The van der Waals surface area contributed by atoms with E-state index in [4.69, 9.17) is 9.47 Å². The van der Waals surface area contributed by atoms with Gasteiger partial charge in [0.05, 0.1) is 24.4 Å². The van der Waals surface area contributed by atoms with Crippen LogP contribution in [0.1, 0.15) is 0 Å². The number of rotatable bonds is 7. The third-order valence-electron chi connectivity index (χ3n) is 6.07. The maximum atomic E-state index is 12.9. The zero-order chi connectivity index (χ0) is 28.4. The molecule has 1 aliphatic rings. The predicted molar refractivity (Wildman–Crippen MR) is 139 cm³/mol. The van der Waals surface area contributed by atoms with E-state index in [9.17, 15) is 31.1 Å². The van der Waals surface area contributed by atoms with Crippen LogP contribution in [-0.2, 0) is 11.3 Å². The molecule has 0 unspecified atom stereocenters. The molecule has 0 atom stereocenters. The number of alkyl halides is 6. The molecule has 0 bridgehead atoms. The summed E-state index contributed by atoms with van der Waals surface area (Å²) in [6.45, 7) is 3.22. The van der Waals surface area contributed by atoms with E-state index in [1.54, 1.807) is 14.2 Å². The third-order valence-corrected chi connectivity index (χ3v) is 7.11. The monoisotopic (exact) mass is 614 g/mol. The second kappa shape index (κ2) is 12.6. The summed E-state index contributed by atoms with van der Waals surface area (Å²) in [5, 5.41) is 0. The molecule has 40 heavy (non-hydrogen) atoms. The number of ether oxygens (including phenoxy) is 3. The molecule has 0 aliphatic carbocycles. The fourth-order valence-electron chi connectivity index (χ4n) is 4.20. The summed E-state index contributed by atoms with van der Waals surface area (Å²) in [6, 6.07) is 9.05. The molecule has 220 valence electrons. The molecule has 0 radical (unpaired) electrons. The maximum absolute atomic E-state index is 12.9. The Kier molecular flexibility index (Phi) is 9.85. The van der Waals surface area contributed by atoms with Gasteiger partial charge in [0.1, 0.15) is 5.75 Å². The zero-order valence-corrected chi connectivity index (χ0v) is 22.8. The molecule has 16 heteroatoms. The van der Waals surface area contributed by atoms with Crippen LogP contribution in [0.25, 0.3) is 10.2 Å². The van der Waals surface area contributed by atoms with Crippen molar-refractivity contribution in [3.8, 4) is 17.2 Å². The molecule has 1 fully saturated rings. The second-order valence-electron chi connectivity index (χ2n) is 8.50. The Labute approximate surface area is 234 Å². The molecule has 4 rings (SSSR count). The third kappa shape index (κ3) is 7.52. The normalized spacial score (nSPS) is 15.2. The first-order valence-corrected chi connectivity index (χ1v) is 12.4. The highest BCUT2D eigenvalue weighted by Gasteiger charge is 2.39. The van der Waals surface area contributed by atoms with Crippen LogP contribution in [-0.4, -0.2) is 74.9 Å². The number of fused-ring (bicyclic) bond motifs is 1. The van der Waals surface area contributed by atoms with Crippen molar-refractivity contribution in [2.24, 2.45) is 4.99 Å². The van der Waals surface area contributed by atoms with Gasteiger partial charge in [0.15, 0.2) is 16.3 Å². The van der Waals surface area contributed by atoms with Gasteiger partial charge in [-0.15, -0.1) is 25.6 Å². The lowest BCUT2D eigenvalue weighted by Crippen LogP contribution is -2.47. The first kappa shape index (κ1) is 31.4. The number of halogens is 7. The number of anilines is 1. The van der Waals surface area contributed by atoms with Crippen molar-refractivity contribution >= 4 is 45.6 Å². The van der Waals surface area contributed by atoms with Crippen molar-refractivity contribution in [1.29, 1.82) is 0 Å². The van der Waals surface area contributed by atoms with Crippen LogP contribution in [0.15, 0.2) is 41.4 Å². The predicted octanol–water partition coefficient (Wildman–Crippen LogP) is 4.85. The fraction of sp³-hybridized carbons (Fsp3) is 0.417. The highest BCUT2D eigenvalue weighted by Crippen LogP contribution is 2.32. The molecule has 0 spiro atoms. The average Bonchev–Trinajstić information content (AvgIpc) is 3.21. The minimum Gasteiger partial charge on any atom is -0.493 e. The minimum atomic E-state index is -5.18. The maximum Gasteiger partial charge on any atom is 0.573 e. The standard InChI is InChI=1S/C24H24F6N4O4S.ClH/c1-36-18-6-3-15(13-19(18)37-2)33-10-7-32(8-11-33)9-12-34-17-5-4-16(38-24(28,29)30)14-20(17)39-22(34)31-21(35)23(25,26)27;/h3-6,13-14H,7-12H2,1-2H3;1H. The summed E-state index contributed by atoms with van der Waals surface area (Å²) in [7, 11) is 3.11. The number of aromatic nitrogens is 1. The van der Waals surface area contributed by atoms with Gasteiger partial charge in [-0.05, 0) is 30.3 Å². The van der Waals surface area contributed by atoms with Crippen molar-refractivity contribution in [3.05, 3.63) is 41.2 Å². The number of methoxy groups -OCH3 is 2. The van der Waals surface area contributed by atoms with Gasteiger partial charge >= 0.3 is 18.4 Å². The number of hydrogen-bond donors (Lipinski definition) is 0. The SMILES string of the molecule is COc1ccc(N2CCN(CCn3c(=NC(=O)C(F)(F)F)sc4cc(OC(F)(F)F)ccc43)CC2)cc1OC.Cl. The fourth-order valence-corrected chi connectivity index (χ4v) is 5.28. The molecular formula is C24H25ClF6N4O4S. The van der Waals surface area contributed by atoms with Crippen molar-refractivity contribution in [3.63, 3.8) is 0 Å². The van der Waals surface area contributed by atoms with E-state index < -0.39 is 24.2 Å². The highest BCUT2D eigenvalue weighted by molar-refractivity contribution is 7.16. The molecule has 1 saturated heterocycles. The smallest absolute Gasteiger partial charge is 0.493 e. The van der Waals surface area contributed by atoms with Crippen molar-refractivity contribution < 1.29 is 45.3 Å². The van der Waals surface area contributed by atoms with E-state index in [0.29, 0.717) is 61.1 Å². The molecule has 1 aromatic heterocycles. The van der Waals surface area contributed by atoms with Crippen LogP contribution >= 0.6 is 23.7 Å². The highest BCUT2D eigenvalue weighted by atomic mass is 35.5. The molecule has 1 aliphatic heterocycles. The van der Waals surface area contributed by atoms with Gasteiger partial charge in [-0.1, -0.05) is 11.3 Å². The molecule has 0 saturated carbocycles. The minimum absolute atomic E-state index is 0. The summed E-state index contributed by atoms with van der Waals surface area (Å²) in [5.74, 6) is -1.60. The van der Waals surface area contributed by atoms with Gasteiger partial charge < -0.3 is 23.7 Å². The van der Waals surface area contributed by atoms with Crippen LogP contribution in [0.3, 0.4) is 0 Å². The van der Waals surface area contributed by atoms with Gasteiger partial charge in [0.25, 0.3) is 0 Å². The number of carbonyl (C=O) groups excluding carboxylic acids is 1. The zero-order valence-electron chi connectivity index (χ0n) is 21.2. The number of carbonyl (C=O) groups is 1. The molecule has 1 amide bonds. The first-order valence-electron chi connectivity index (χ1n) is 11.6. The Balaban J connectivity index is 0.00000441. The van der Waals surface area contributed by atoms with Gasteiger partial charge in [0, 0.05) is 51.0 Å². The largest absolute Gasteiger partial charge is 0.573 e. The molecule has 3 aromatic rings. The number of amides is 1. The number of benzene rings is 2. The van der Waals surface area contributed by atoms with Crippen LogP contribution < -0.4 is 23.9 Å². The van der Waals surface area contributed by atoms with E-state index >= 15 is 0 Å². The Morgan fingerprint density at radius 3 is 2.20 bits per heavy atom. The quantitative estimate of drug-likeness (QED) is 0.355. The lowest BCUT2D eigenvalue weighted by atomic mass is 10.2. The van der Waals surface area contributed by atoms with E-state index in [1.165, 1.54) is 10.6 Å². The molecule has 8 nitrogen and oxygen atoms in total. The topological polar surface area (TPSA) is 68.5 Å². The van der Waals surface area contributed by atoms with Gasteiger partial charge in [-0.2, -0.15) is 18.2 Å². The van der Waals surface area contributed by atoms with E-state index in [0.717, 1.165) is 17.8 Å². The van der Waals surface area contributed by atoms with Crippen LogP contribution in [0, 0.1) is 0 Å². The van der Waals surface area contributed by atoms with Gasteiger partial charge in [-0.25, -0.2) is 0 Å². The number of nitrogens with zero attached hydrogens (tertiary/aromatic N) is 4. The van der Waals surface area contributed by atoms with Crippen molar-refractivity contribution in [2.75, 3.05) is 51.8 Å². The Hall–Kier alpha value is -3.17. The van der Waals surface area contributed by atoms with Gasteiger partial charge in [0.2, 0.25) is 0 Å². The van der Waals surface area contributed by atoms with Crippen LogP contribution in [0.4, 0.5) is 32.0 Å².